The summed E-state index contributed by atoms with van der Waals surface area (Å²) in [5, 5.41) is 9.41. The molecule has 2 unspecified atom stereocenters. The third-order valence-corrected chi connectivity index (χ3v) is 11.6. The van der Waals surface area contributed by atoms with Crippen molar-refractivity contribution in [2.45, 2.75) is 110 Å². The average molecular weight is 418 g/mol. The van der Waals surface area contributed by atoms with Crippen molar-refractivity contribution in [3.63, 3.8) is 0 Å². The van der Waals surface area contributed by atoms with Gasteiger partial charge in [-0.15, -0.1) is 0 Å². The van der Waals surface area contributed by atoms with Gasteiger partial charge in [0.15, 0.2) is 0 Å². The molecule has 0 radical (unpaired) electrons. The van der Waals surface area contributed by atoms with Crippen LogP contribution in [0.1, 0.15) is 91.9 Å². The van der Waals surface area contributed by atoms with Crippen molar-refractivity contribution in [2.75, 3.05) is 6.61 Å². The number of nitrogens with two attached hydrogens (primary N) is 1. The lowest BCUT2D eigenvalue weighted by Gasteiger charge is -2.61. The van der Waals surface area contributed by atoms with Gasteiger partial charge in [-0.2, -0.15) is 0 Å². The van der Waals surface area contributed by atoms with E-state index in [1.54, 1.807) is 0 Å². The Hall–Kier alpha value is -0.120. The van der Waals surface area contributed by atoms with Crippen molar-refractivity contribution in [1.82, 2.24) is 0 Å². The molecule has 4 aliphatic carbocycles. The van der Waals surface area contributed by atoms with Crippen molar-refractivity contribution in [3.8, 4) is 0 Å². The molecular weight excluding hydrogens is 370 g/mol. The highest BCUT2D eigenvalue weighted by Gasteiger charge is 2.65. The first-order chi connectivity index (χ1) is 14.3. The summed E-state index contributed by atoms with van der Waals surface area (Å²) in [5.74, 6) is 5.43. The van der Waals surface area contributed by atoms with E-state index in [0.717, 1.165) is 42.4 Å². The maximum atomic E-state index is 9.41. The van der Waals surface area contributed by atoms with Crippen LogP contribution in [0.4, 0.5) is 0 Å². The van der Waals surface area contributed by atoms with Crippen LogP contribution in [-0.2, 0) is 4.74 Å². The molecule has 30 heavy (non-hydrogen) atoms. The van der Waals surface area contributed by atoms with Gasteiger partial charge in [-0.05, 0) is 116 Å². The van der Waals surface area contributed by atoms with Crippen LogP contribution in [0.5, 0.6) is 0 Å². The fourth-order valence-corrected chi connectivity index (χ4v) is 9.85. The van der Waals surface area contributed by atoms with Gasteiger partial charge in [0.1, 0.15) is 0 Å². The van der Waals surface area contributed by atoms with Gasteiger partial charge in [0.2, 0.25) is 0 Å². The topological polar surface area (TPSA) is 55.5 Å². The van der Waals surface area contributed by atoms with E-state index in [9.17, 15) is 5.11 Å². The summed E-state index contributed by atoms with van der Waals surface area (Å²) in [5.41, 5.74) is 7.42. The van der Waals surface area contributed by atoms with Gasteiger partial charge in [0.05, 0.1) is 12.2 Å². The Morgan fingerprint density at radius 3 is 2.57 bits per heavy atom. The fourth-order valence-electron chi connectivity index (χ4n) is 9.85. The van der Waals surface area contributed by atoms with E-state index in [1.165, 1.54) is 51.4 Å². The molecular formula is C27H47NO2. The Morgan fingerprint density at radius 1 is 1.03 bits per heavy atom. The maximum absolute atomic E-state index is 9.41. The lowest BCUT2D eigenvalue weighted by molar-refractivity contribution is -0.117. The number of aliphatic hydroxyl groups excluding tert-OH is 1. The number of rotatable bonds is 4. The van der Waals surface area contributed by atoms with E-state index in [-0.39, 0.29) is 0 Å². The molecule has 3 heteroatoms. The van der Waals surface area contributed by atoms with Crippen LogP contribution in [0.2, 0.25) is 0 Å². The van der Waals surface area contributed by atoms with Crippen molar-refractivity contribution < 1.29 is 9.84 Å². The Labute approximate surface area is 184 Å². The van der Waals surface area contributed by atoms with Crippen molar-refractivity contribution in [3.05, 3.63) is 0 Å². The number of hydrogen-bond donors (Lipinski definition) is 2. The molecule has 4 saturated carbocycles. The first-order valence-corrected chi connectivity index (χ1v) is 13.3. The van der Waals surface area contributed by atoms with Gasteiger partial charge in [-0.25, -0.2) is 0 Å². The molecule has 5 rings (SSSR count). The molecule has 0 spiro atoms. The van der Waals surface area contributed by atoms with Crippen molar-refractivity contribution >= 4 is 0 Å². The highest BCUT2D eigenvalue weighted by atomic mass is 16.5. The van der Waals surface area contributed by atoms with Crippen LogP contribution in [0, 0.1) is 52.3 Å². The van der Waals surface area contributed by atoms with Crippen LogP contribution < -0.4 is 5.73 Å². The van der Waals surface area contributed by atoms with Gasteiger partial charge in [-0.3, -0.25) is 0 Å². The van der Waals surface area contributed by atoms with E-state index < -0.39 is 0 Å². The highest BCUT2D eigenvalue weighted by molar-refractivity contribution is 5.14. The molecule has 0 aromatic rings. The van der Waals surface area contributed by atoms with Gasteiger partial charge in [0, 0.05) is 12.6 Å². The van der Waals surface area contributed by atoms with Crippen LogP contribution in [0.3, 0.4) is 0 Å². The molecule has 0 amide bonds. The number of hydrogen-bond acceptors (Lipinski definition) is 3. The second kappa shape index (κ2) is 7.73. The fraction of sp³-hybridized carbons (Fsp3) is 1.00. The van der Waals surface area contributed by atoms with Gasteiger partial charge in [0.25, 0.3) is 0 Å². The second-order valence-electron chi connectivity index (χ2n) is 12.9. The third kappa shape index (κ3) is 3.16. The predicted molar refractivity (Wildman–Crippen MR) is 122 cm³/mol. The normalized spacial score (nSPS) is 56.0. The molecule has 0 aromatic heterocycles. The lowest BCUT2D eigenvalue weighted by atomic mass is 9.44. The molecule has 3 nitrogen and oxygen atoms in total. The number of aliphatic hydroxyl groups is 1. The number of ether oxygens (including phenoxy) is 1. The largest absolute Gasteiger partial charge is 0.396 e. The van der Waals surface area contributed by atoms with E-state index in [0.29, 0.717) is 47.5 Å². The van der Waals surface area contributed by atoms with Gasteiger partial charge >= 0.3 is 0 Å². The molecule has 5 fully saturated rings. The van der Waals surface area contributed by atoms with E-state index >= 15 is 0 Å². The minimum atomic E-state index is 0.307. The Kier molecular flexibility index (Phi) is 5.60. The molecule has 12 atom stereocenters. The molecule has 5 aliphatic rings. The molecule has 1 aliphatic heterocycles. The van der Waals surface area contributed by atoms with Gasteiger partial charge < -0.3 is 15.6 Å². The summed E-state index contributed by atoms with van der Waals surface area (Å²) < 4.78 is 6.78. The van der Waals surface area contributed by atoms with Crippen LogP contribution in [0.15, 0.2) is 0 Å². The van der Waals surface area contributed by atoms with E-state index in [2.05, 4.69) is 27.7 Å². The monoisotopic (exact) mass is 417 g/mol. The summed E-state index contributed by atoms with van der Waals surface area (Å²) in [6.07, 6.45) is 14.1. The van der Waals surface area contributed by atoms with Crippen LogP contribution in [0.25, 0.3) is 0 Å². The molecule has 3 N–H and O–H groups in total. The summed E-state index contributed by atoms with van der Waals surface area (Å²) in [6.45, 7) is 10.3. The van der Waals surface area contributed by atoms with Crippen LogP contribution in [-0.4, -0.2) is 30.0 Å². The van der Waals surface area contributed by atoms with E-state index in [1.807, 2.05) is 0 Å². The standard InChI is InChI=1S/C27H47NO2/c1-16(15-29)5-8-23-17(2)25-24(30-23)14-22-20-7-6-18-13-19(28)9-11-26(18,3)21(20)10-12-27(22,25)4/h16-25,29H,5-15,28H2,1-4H3/t16-,17+,18+,19+,20+,21-,22-,23+,24?,25?,26-,27-/m0/s1. The van der Waals surface area contributed by atoms with Gasteiger partial charge in [-0.1, -0.05) is 27.7 Å². The summed E-state index contributed by atoms with van der Waals surface area (Å²) in [6, 6.07) is 0.457. The zero-order valence-electron chi connectivity index (χ0n) is 20.0. The summed E-state index contributed by atoms with van der Waals surface area (Å²) in [4.78, 5) is 0. The Morgan fingerprint density at radius 2 is 1.80 bits per heavy atom. The Bertz CT molecular complexity index is 638. The molecule has 1 heterocycles. The summed E-state index contributed by atoms with van der Waals surface area (Å²) in [7, 11) is 0. The predicted octanol–water partition coefficient (Wildman–Crippen LogP) is 5.39. The molecule has 1 saturated heterocycles. The lowest BCUT2D eigenvalue weighted by Crippen LogP contribution is -2.55. The van der Waals surface area contributed by atoms with Crippen LogP contribution >= 0.6 is 0 Å². The average Bonchev–Trinajstić information content (AvgIpc) is 3.20. The second-order valence-corrected chi connectivity index (χ2v) is 12.9. The SMILES string of the molecule is C[C@H](CO)CC[C@H]1OC2C[C@H]3[C@@H]4CC[C@@H]5C[C@H](N)CC[C@]5(C)[C@H]4CC[C@]3(C)C2[C@@H]1C. The Balaban J connectivity index is 1.32. The first-order valence-electron chi connectivity index (χ1n) is 13.3. The van der Waals surface area contributed by atoms with E-state index in [4.69, 9.17) is 10.5 Å². The minimum Gasteiger partial charge on any atom is -0.396 e. The quantitative estimate of drug-likeness (QED) is 0.644. The molecule has 0 aromatic carbocycles. The zero-order chi connectivity index (χ0) is 21.3. The highest BCUT2D eigenvalue weighted by Crippen LogP contribution is 2.70. The maximum Gasteiger partial charge on any atom is 0.0618 e. The summed E-state index contributed by atoms with van der Waals surface area (Å²) >= 11 is 0. The molecule has 0 bridgehead atoms. The zero-order valence-corrected chi connectivity index (χ0v) is 20.0. The van der Waals surface area contributed by atoms with Crippen molar-refractivity contribution in [2.24, 2.45) is 58.0 Å². The number of fused-ring (bicyclic) bond motifs is 7. The molecule has 172 valence electrons. The third-order valence-electron chi connectivity index (χ3n) is 11.6. The first kappa shape index (κ1) is 21.7. The minimum absolute atomic E-state index is 0.307. The van der Waals surface area contributed by atoms with Crippen molar-refractivity contribution in [1.29, 1.82) is 0 Å². The smallest absolute Gasteiger partial charge is 0.0618 e.